The van der Waals surface area contributed by atoms with Gasteiger partial charge in [-0.15, -0.1) is 10.1 Å². The van der Waals surface area contributed by atoms with Gasteiger partial charge < -0.3 is 23.8 Å². The summed E-state index contributed by atoms with van der Waals surface area (Å²) in [5.41, 5.74) is 0.653. The second kappa shape index (κ2) is 9.53. The summed E-state index contributed by atoms with van der Waals surface area (Å²) >= 11 is 0. The number of benzene rings is 1. The van der Waals surface area contributed by atoms with Crippen LogP contribution in [0.4, 0.5) is 18.0 Å². The van der Waals surface area contributed by atoms with Crippen molar-refractivity contribution in [3.63, 3.8) is 0 Å². The molecule has 0 fully saturated rings. The predicted octanol–water partition coefficient (Wildman–Crippen LogP) is 3.26. The van der Waals surface area contributed by atoms with E-state index in [1.807, 2.05) is 0 Å². The van der Waals surface area contributed by atoms with Crippen LogP contribution in [0, 0.1) is 24.0 Å². The van der Waals surface area contributed by atoms with E-state index in [9.17, 15) is 32.9 Å². The Morgan fingerprint density at radius 3 is 2.52 bits per heavy atom. The lowest BCUT2D eigenvalue weighted by molar-refractivity contribution is -0.757. The van der Waals surface area contributed by atoms with Gasteiger partial charge in [0.1, 0.15) is 19.0 Å². The van der Waals surface area contributed by atoms with Crippen LogP contribution in [0.2, 0.25) is 0 Å². The minimum absolute atomic E-state index is 0.00528. The van der Waals surface area contributed by atoms with E-state index >= 15 is 0 Å². The topological polar surface area (TPSA) is 123 Å². The van der Waals surface area contributed by atoms with Crippen LogP contribution in [-0.2, 0) is 23.8 Å². The van der Waals surface area contributed by atoms with Crippen molar-refractivity contribution < 1.29 is 51.6 Å². The van der Waals surface area contributed by atoms with Crippen LogP contribution in [0.5, 0.6) is 5.75 Å². The van der Waals surface area contributed by atoms with Crippen molar-refractivity contribution in [2.45, 2.75) is 39.3 Å². The zero-order chi connectivity index (χ0) is 23.3. The van der Waals surface area contributed by atoms with E-state index in [1.54, 1.807) is 26.0 Å². The van der Waals surface area contributed by atoms with E-state index in [2.05, 4.69) is 14.3 Å². The molecule has 0 bridgehead atoms. The minimum atomic E-state index is -4.92. The third-order valence-electron chi connectivity index (χ3n) is 3.85. The molecular weight excluding hydrogens is 431 g/mol. The van der Waals surface area contributed by atoms with Crippen LogP contribution in [0.25, 0.3) is 6.08 Å². The number of carbonyl (C=O) groups is 2. The van der Waals surface area contributed by atoms with Crippen LogP contribution in [0.1, 0.15) is 23.6 Å². The SMILES string of the molecule is Cc1cc(C)c2c(c1)C=C(C(=O)OC(C)OC(=O)OCCO[N+](=O)[O-])C(C(F)(F)F)O2. The molecule has 0 saturated heterocycles. The Bertz CT molecular complexity index is 898. The van der Waals surface area contributed by atoms with E-state index in [0.29, 0.717) is 5.56 Å². The molecule has 0 aliphatic carbocycles. The molecule has 0 aromatic heterocycles. The van der Waals surface area contributed by atoms with Gasteiger partial charge in [0, 0.05) is 12.5 Å². The molecule has 2 unspecified atom stereocenters. The van der Waals surface area contributed by atoms with Gasteiger partial charge in [-0.3, -0.25) is 0 Å². The largest absolute Gasteiger partial charge is 0.511 e. The van der Waals surface area contributed by atoms with Crippen LogP contribution >= 0.6 is 0 Å². The van der Waals surface area contributed by atoms with Crippen molar-refractivity contribution in [3.05, 3.63) is 44.5 Å². The smallest absolute Gasteiger partial charge is 0.475 e. The Labute approximate surface area is 173 Å². The van der Waals surface area contributed by atoms with Gasteiger partial charge in [-0.25, -0.2) is 9.59 Å². The number of alkyl halides is 3. The fraction of sp³-hybridized carbons (Fsp3) is 0.444. The summed E-state index contributed by atoms with van der Waals surface area (Å²) in [6.45, 7) is 3.28. The molecule has 1 aliphatic rings. The first-order valence-corrected chi connectivity index (χ1v) is 8.76. The summed E-state index contributed by atoms with van der Waals surface area (Å²) in [5.74, 6) is -1.42. The van der Waals surface area contributed by atoms with Gasteiger partial charge in [-0.2, -0.15) is 13.2 Å². The lowest BCUT2D eigenvalue weighted by Gasteiger charge is -2.29. The third kappa shape index (κ3) is 6.49. The molecule has 1 aromatic rings. The number of fused-ring (bicyclic) bond motifs is 1. The van der Waals surface area contributed by atoms with Crippen LogP contribution in [0.3, 0.4) is 0 Å². The van der Waals surface area contributed by atoms with E-state index in [1.165, 1.54) is 0 Å². The number of ether oxygens (including phenoxy) is 4. The molecule has 31 heavy (non-hydrogen) atoms. The highest BCUT2D eigenvalue weighted by atomic mass is 19.4. The van der Waals surface area contributed by atoms with Gasteiger partial charge in [-0.1, -0.05) is 11.6 Å². The molecule has 0 N–H and O–H groups in total. The first-order chi connectivity index (χ1) is 14.4. The normalized spacial score (nSPS) is 16.2. The van der Waals surface area contributed by atoms with Crippen LogP contribution < -0.4 is 4.74 Å². The number of nitrogens with zero attached hydrogens (tertiary/aromatic N) is 1. The quantitative estimate of drug-likeness (QED) is 0.203. The van der Waals surface area contributed by atoms with Crippen molar-refractivity contribution in [3.8, 4) is 5.75 Å². The monoisotopic (exact) mass is 449 g/mol. The van der Waals surface area contributed by atoms with Crippen LogP contribution in [0.15, 0.2) is 17.7 Å². The van der Waals surface area contributed by atoms with E-state index in [0.717, 1.165) is 18.6 Å². The highest BCUT2D eigenvalue weighted by Crippen LogP contribution is 2.39. The minimum Gasteiger partial charge on any atom is -0.475 e. The average molecular weight is 449 g/mol. The molecule has 2 atom stereocenters. The maximum Gasteiger partial charge on any atom is 0.511 e. The average Bonchev–Trinajstić information content (AvgIpc) is 2.63. The highest BCUT2D eigenvalue weighted by molar-refractivity contribution is 5.96. The fourth-order valence-corrected chi connectivity index (χ4v) is 2.74. The first-order valence-electron chi connectivity index (χ1n) is 8.76. The fourth-order valence-electron chi connectivity index (χ4n) is 2.74. The van der Waals surface area contributed by atoms with Gasteiger partial charge in [0.2, 0.25) is 12.4 Å². The van der Waals surface area contributed by atoms with Crippen molar-refractivity contribution in [1.82, 2.24) is 0 Å². The second-order valence-corrected chi connectivity index (χ2v) is 6.39. The summed E-state index contributed by atoms with van der Waals surface area (Å²) in [4.78, 5) is 37.7. The van der Waals surface area contributed by atoms with E-state index in [-0.39, 0.29) is 11.3 Å². The summed E-state index contributed by atoms with van der Waals surface area (Å²) in [5, 5.41) is 8.86. The zero-order valence-corrected chi connectivity index (χ0v) is 16.6. The predicted molar refractivity (Wildman–Crippen MR) is 95.3 cm³/mol. The van der Waals surface area contributed by atoms with Crippen molar-refractivity contribution in [2.75, 3.05) is 13.2 Å². The number of hydrogen-bond donors (Lipinski definition) is 0. The zero-order valence-electron chi connectivity index (χ0n) is 16.6. The van der Waals surface area contributed by atoms with E-state index < -0.39 is 54.6 Å². The van der Waals surface area contributed by atoms with Crippen LogP contribution in [-0.4, -0.2) is 49.0 Å². The van der Waals surface area contributed by atoms with Gasteiger partial charge in [0.15, 0.2) is 0 Å². The number of aryl methyl sites for hydroxylation is 2. The maximum atomic E-state index is 13.5. The first kappa shape index (κ1) is 23.8. The van der Waals surface area contributed by atoms with Gasteiger partial charge >= 0.3 is 18.3 Å². The lowest BCUT2D eigenvalue weighted by Crippen LogP contribution is -2.41. The molecule has 0 spiro atoms. The molecule has 13 heteroatoms. The Morgan fingerprint density at radius 1 is 1.23 bits per heavy atom. The van der Waals surface area contributed by atoms with Gasteiger partial charge in [0.25, 0.3) is 5.09 Å². The lowest BCUT2D eigenvalue weighted by atomic mass is 9.97. The van der Waals surface area contributed by atoms with Gasteiger partial charge in [0.05, 0.1) is 5.57 Å². The summed E-state index contributed by atoms with van der Waals surface area (Å²) in [6, 6.07) is 3.19. The summed E-state index contributed by atoms with van der Waals surface area (Å²) in [7, 11) is 0. The molecule has 170 valence electrons. The number of rotatable bonds is 7. The number of halogens is 3. The molecule has 1 heterocycles. The highest BCUT2D eigenvalue weighted by Gasteiger charge is 2.49. The Kier molecular flexibility index (Phi) is 7.31. The molecular formula is C18H18F3NO9. The second-order valence-electron chi connectivity index (χ2n) is 6.39. The van der Waals surface area contributed by atoms with Gasteiger partial charge in [-0.05, 0) is 31.6 Å². The molecule has 0 saturated carbocycles. The van der Waals surface area contributed by atoms with Crippen molar-refractivity contribution >= 4 is 18.2 Å². The van der Waals surface area contributed by atoms with Crippen molar-refractivity contribution in [2.24, 2.45) is 0 Å². The molecule has 2 rings (SSSR count). The summed E-state index contributed by atoms with van der Waals surface area (Å²) in [6.07, 6.45) is -9.47. The molecule has 0 amide bonds. The van der Waals surface area contributed by atoms with Crippen molar-refractivity contribution in [1.29, 1.82) is 0 Å². The Morgan fingerprint density at radius 2 is 1.90 bits per heavy atom. The Hall–Kier alpha value is -3.51. The molecule has 1 aromatic carbocycles. The maximum absolute atomic E-state index is 13.5. The molecule has 1 aliphatic heterocycles. The molecule has 0 radical (unpaired) electrons. The number of carbonyl (C=O) groups excluding carboxylic acids is 2. The van der Waals surface area contributed by atoms with E-state index in [4.69, 9.17) is 9.47 Å². The standard InChI is InChI=1S/C18H18F3NO9/c1-9-6-10(2)14-12(7-9)8-13(15(31-14)18(19,20)21)16(23)29-11(3)30-17(24)27-4-5-28-22(25)26/h6-8,11,15H,4-5H2,1-3H3. The third-order valence-corrected chi connectivity index (χ3v) is 3.85. The Balaban J connectivity index is 2.09. The number of esters is 1. The number of hydrogen-bond acceptors (Lipinski definition) is 9. The summed E-state index contributed by atoms with van der Waals surface area (Å²) < 4.78 is 59.3. The molecule has 10 nitrogen and oxygen atoms in total.